The van der Waals surface area contributed by atoms with E-state index in [1.807, 2.05) is 24.3 Å². The molecule has 2 saturated heterocycles. The molecule has 0 radical (unpaired) electrons. The van der Waals surface area contributed by atoms with Crippen molar-refractivity contribution >= 4 is 29.2 Å². The Kier molecular flexibility index (Phi) is 5.15. The zero-order valence-electron chi connectivity index (χ0n) is 15.4. The number of hydrogen-bond acceptors (Lipinski definition) is 4. The van der Waals surface area contributed by atoms with E-state index in [9.17, 15) is 14.4 Å². The van der Waals surface area contributed by atoms with Crippen molar-refractivity contribution in [2.75, 3.05) is 29.9 Å². The number of amides is 4. The molecule has 2 N–H and O–H groups in total. The Morgan fingerprint density at radius 1 is 1.19 bits per heavy atom. The number of carbonyl (C=O) groups excluding carboxylic acids is 3. The van der Waals surface area contributed by atoms with Crippen LogP contribution in [0.5, 0.6) is 0 Å². The summed E-state index contributed by atoms with van der Waals surface area (Å²) >= 11 is 0. The average Bonchev–Trinajstić information content (AvgIpc) is 3.18. The van der Waals surface area contributed by atoms with Gasteiger partial charge in [0.15, 0.2) is 0 Å². The summed E-state index contributed by atoms with van der Waals surface area (Å²) in [4.78, 5) is 39.8. The average molecular weight is 358 g/mol. The van der Waals surface area contributed by atoms with Crippen LogP contribution in [0, 0.1) is 0 Å². The molecule has 26 heavy (non-hydrogen) atoms. The van der Waals surface area contributed by atoms with Gasteiger partial charge < -0.3 is 15.5 Å². The molecule has 2 aliphatic heterocycles. The lowest BCUT2D eigenvalue weighted by atomic mass is 10.1. The highest BCUT2D eigenvalue weighted by Crippen LogP contribution is 2.28. The van der Waals surface area contributed by atoms with Crippen LogP contribution in [0.15, 0.2) is 24.3 Å². The van der Waals surface area contributed by atoms with Gasteiger partial charge in [-0.2, -0.15) is 0 Å². The molecule has 0 unspecified atom stereocenters. The van der Waals surface area contributed by atoms with E-state index < -0.39 is 5.54 Å². The first kappa shape index (κ1) is 18.2. The van der Waals surface area contributed by atoms with Crippen molar-refractivity contribution in [1.82, 2.24) is 10.2 Å². The number of anilines is 2. The second-order valence-electron chi connectivity index (χ2n) is 7.37. The van der Waals surface area contributed by atoms with E-state index in [1.54, 1.807) is 13.8 Å². The normalized spacial score (nSPS) is 19.0. The van der Waals surface area contributed by atoms with E-state index in [4.69, 9.17) is 0 Å². The number of benzene rings is 1. The van der Waals surface area contributed by atoms with Gasteiger partial charge in [0, 0.05) is 26.1 Å². The smallest absolute Gasteiger partial charge is 0.325 e. The minimum absolute atomic E-state index is 0.108. The molecule has 0 spiro atoms. The van der Waals surface area contributed by atoms with Gasteiger partial charge in [0.2, 0.25) is 5.91 Å². The topological polar surface area (TPSA) is 81.8 Å². The first-order valence-electron chi connectivity index (χ1n) is 9.16. The minimum atomic E-state index is -0.867. The van der Waals surface area contributed by atoms with Gasteiger partial charge in [0.1, 0.15) is 5.54 Å². The van der Waals surface area contributed by atoms with Crippen LogP contribution in [0.1, 0.15) is 39.5 Å². The maximum absolute atomic E-state index is 12.3. The number of rotatable bonds is 6. The Morgan fingerprint density at radius 3 is 2.54 bits per heavy atom. The molecule has 7 nitrogen and oxygen atoms in total. The van der Waals surface area contributed by atoms with Crippen molar-refractivity contribution in [2.45, 2.75) is 45.1 Å². The van der Waals surface area contributed by atoms with Crippen LogP contribution in [0.25, 0.3) is 0 Å². The third-order valence-corrected chi connectivity index (χ3v) is 4.85. The molecule has 1 aromatic rings. The molecule has 2 aliphatic rings. The number of imide groups is 1. The number of urea groups is 1. The van der Waals surface area contributed by atoms with Crippen molar-refractivity contribution in [2.24, 2.45) is 0 Å². The molecule has 4 amide bonds. The quantitative estimate of drug-likeness (QED) is 0.765. The van der Waals surface area contributed by atoms with Gasteiger partial charge >= 0.3 is 6.03 Å². The molecule has 1 aromatic carbocycles. The van der Waals surface area contributed by atoms with Gasteiger partial charge in [-0.15, -0.1) is 0 Å². The Hall–Kier alpha value is -2.57. The summed E-state index contributed by atoms with van der Waals surface area (Å²) < 4.78 is 0. The first-order chi connectivity index (χ1) is 12.4. The molecule has 0 saturated carbocycles. The standard InChI is InChI=1S/C19H26N4O3/c1-19(2)17(25)23(18(26)21-19)13-7-10-16(24)20-14-8-3-4-9-15(14)22-11-5-6-12-22/h3-4,8-9H,5-7,10-13H2,1-2H3,(H,20,24)(H,21,26). The van der Waals surface area contributed by atoms with Crippen LogP contribution in [-0.4, -0.2) is 47.9 Å². The minimum Gasteiger partial charge on any atom is -0.370 e. The number of nitrogens with zero attached hydrogens (tertiary/aromatic N) is 2. The molecular formula is C19H26N4O3. The summed E-state index contributed by atoms with van der Waals surface area (Å²) in [6.45, 7) is 5.61. The zero-order valence-corrected chi connectivity index (χ0v) is 15.4. The zero-order chi connectivity index (χ0) is 18.7. The van der Waals surface area contributed by atoms with Crippen LogP contribution in [0.3, 0.4) is 0 Å². The van der Waals surface area contributed by atoms with Gasteiger partial charge in [0.25, 0.3) is 5.91 Å². The Labute approximate surface area is 153 Å². The Balaban J connectivity index is 1.52. The largest absolute Gasteiger partial charge is 0.370 e. The molecule has 7 heteroatoms. The highest BCUT2D eigenvalue weighted by molar-refractivity contribution is 6.06. The maximum atomic E-state index is 12.3. The summed E-state index contributed by atoms with van der Waals surface area (Å²) in [5.41, 5.74) is 0.998. The van der Waals surface area contributed by atoms with Gasteiger partial charge in [-0.1, -0.05) is 12.1 Å². The molecule has 0 bridgehead atoms. The van der Waals surface area contributed by atoms with Crippen LogP contribution >= 0.6 is 0 Å². The summed E-state index contributed by atoms with van der Waals surface area (Å²) in [6, 6.07) is 7.43. The third kappa shape index (κ3) is 3.81. The van der Waals surface area contributed by atoms with E-state index in [2.05, 4.69) is 15.5 Å². The lowest BCUT2D eigenvalue weighted by molar-refractivity contribution is -0.130. The van der Waals surface area contributed by atoms with Crippen molar-refractivity contribution in [3.05, 3.63) is 24.3 Å². The lowest BCUT2D eigenvalue weighted by Crippen LogP contribution is -2.40. The van der Waals surface area contributed by atoms with Gasteiger partial charge in [-0.25, -0.2) is 4.79 Å². The van der Waals surface area contributed by atoms with E-state index >= 15 is 0 Å². The highest BCUT2D eigenvalue weighted by Gasteiger charge is 2.43. The molecular weight excluding hydrogens is 332 g/mol. The third-order valence-electron chi connectivity index (χ3n) is 4.85. The fraction of sp³-hybridized carbons (Fsp3) is 0.526. The SMILES string of the molecule is CC1(C)NC(=O)N(CCCC(=O)Nc2ccccc2N2CCCC2)C1=O. The highest BCUT2D eigenvalue weighted by atomic mass is 16.2. The molecule has 140 valence electrons. The number of nitrogens with one attached hydrogen (secondary N) is 2. The summed E-state index contributed by atoms with van der Waals surface area (Å²) in [5, 5.41) is 5.61. The van der Waals surface area contributed by atoms with Gasteiger partial charge in [-0.3, -0.25) is 14.5 Å². The lowest BCUT2D eigenvalue weighted by Gasteiger charge is -2.21. The summed E-state index contributed by atoms with van der Waals surface area (Å²) in [6.07, 6.45) is 3.04. The first-order valence-corrected chi connectivity index (χ1v) is 9.16. The van der Waals surface area contributed by atoms with Crippen LogP contribution < -0.4 is 15.5 Å². The molecule has 0 aliphatic carbocycles. The number of para-hydroxylation sites is 2. The number of hydrogen-bond donors (Lipinski definition) is 2. The van der Waals surface area contributed by atoms with Crippen LogP contribution in [0.2, 0.25) is 0 Å². The van der Waals surface area contributed by atoms with Crippen molar-refractivity contribution in [3.63, 3.8) is 0 Å². The molecule has 0 atom stereocenters. The van der Waals surface area contributed by atoms with Gasteiger partial charge in [-0.05, 0) is 45.2 Å². The molecule has 2 fully saturated rings. The van der Waals surface area contributed by atoms with E-state index in [0.29, 0.717) is 6.42 Å². The van der Waals surface area contributed by atoms with E-state index in [1.165, 1.54) is 17.7 Å². The monoisotopic (exact) mass is 358 g/mol. The van der Waals surface area contributed by atoms with Crippen LogP contribution in [-0.2, 0) is 9.59 Å². The fourth-order valence-electron chi connectivity index (χ4n) is 3.44. The Bertz CT molecular complexity index is 710. The van der Waals surface area contributed by atoms with Crippen molar-refractivity contribution < 1.29 is 14.4 Å². The Morgan fingerprint density at radius 2 is 1.88 bits per heavy atom. The molecule has 3 rings (SSSR count). The second kappa shape index (κ2) is 7.35. The van der Waals surface area contributed by atoms with Gasteiger partial charge in [0.05, 0.1) is 11.4 Å². The van der Waals surface area contributed by atoms with Crippen molar-refractivity contribution in [3.8, 4) is 0 Å². The fourth-order valence-corrected chi connectivity index (χ4v) is 3.44. The van der Waals surface area contributed by atoms with Crippen LogP contribution in [0.4, 0.5) is 16.2 Å². The second-order valence-corrected chi connectivity index (χ2v) is 7.37. The van der Waals surface area contributed by atoms with E-state index in [-0.39, 0.29) is 30.8 Å². The maximum Gasteiger partial charge on any atom is 0.325 e. The predicted molar refractivity (Wildman–Crippen MR) is 100 cm³/mol. The van der Waals surface area contributed by atoms with E-state index in [0.717, 1.165) is 24.5 Å². The predicted octanol–water partition coefficient (Wildman–Crippen LogP) is 2.34. The number of carbonyl (C=O) groups is 3. The molecule has 2 heterocycles. The van der Waals surface area contributed by atoms with Crippen molar-refractivity contribution in [1.29, 1.82) is 0 Å². The summed E-state index contributed by atoms with van der Waals surface area (Å²) in [7, 11) is 0. The molecule has 0 aromatic heterocycles. The summed E-state index contributed by atoms with van der Waals surface area (Å²) in [5.74, 6) is -0.356.